The normalized spacial score (nSPS) is 21.2. The molecule has 1 saturated heterocycles. The minimum Gasteiger partial charge on any atom is -0.454 e. The molecule has 8 heteroatoms. The van der Waals surface area contributed by atoms with E-state index >= 15 is 0 Å². The average molecular weight is 437 g/mol. The number of carbonyl (C=O) groups is 2. The van der Waals surface area contributed by atoms with Gasteiger partial charge in [0.15, 0.2) is 6.61 Å². The Balaban J connectivity index is 1.65. The predicted molar refractivity (Wildman–Crippen MR) is 113 cm³/mol. The number of carbonyl (C=O) groups excluding carboxylic acids is 2. The summed E-state index contributed by atoms with van der Waals surface area (Å²) in [7, 11) is -3.80. The van der Waals surface area contributed by atoms with Crippen LogP contribution >= 0.6 is 0 Å². The third-order valence-corrected chi connectivity index (χ3v) is 8.01. The van der Waals surface area contributed by atoms with Crippen molar-refractivity contribution >= 4 is 21.9 Å². The fourth-order valence-electron chi connectivity index (χ4n) is 4.50. The minimum atomic E-state index is -3.80. The molecule has 1 unspecified atom stereocenters. The van der Waals surface area contributed by atoms with E-state index in [0.29, 0.717) is 19.4 Å². The molecule has 7 nitrogen and oxygen atoms in total. The zero-order valence-electron chi connectivity index (χ0n) is 17.7. The van der Waals surface area contributed by atoms with Crippen molar-refractivity contribution in [2.45, 2.75) is 75.3 Å². The van der Waals surface area contributed by atoms with Crippen LogP contribution in [0, 0.1) is 0 Å². The van der Waals surface area contributed by atoms with Gasteiger partial charge in [-0.15, -0.1) is 0 Å². The van der Waals surface area contributed by atoms with E-state index in [2.05, 4.69) is 0 Å². The second-order valence-corrected chi connectivity index (χ2v) is 9.91. The molecule has 1 saturated carbocycles. The maximum absolute atomic E-state index is 13.0. The van der Waals surface area contributed by atoms with Gasteiger partial charge in [0.2, 0.25) is 10.0 Å². The van der Waals surface area contributed by atoms with Crippen LogP contribution in [0.25, 0.3) is 0 Å². The van der Waals surface area contributed by atoms with Gasteiger partial charge in [-0.25, -0.2) is 8.42 Å². The molecule has 0 radical (unpaired) electrons. The van der Waals surface area contributed by atoms with Crippen molar-refractivity contribution in [3.8, 4) is 0 Å². The molecule has 0 bridgehead atoms. The Kier molecular flexibility index (Phi) is 7.88. The van der Waals surface area contributed by atoms with Crippen LogP contribution in [-0.4, -0.2) is 61.3 Å². The van der Waals surface area contributed by atoms with Gasteiger partial charge < -0.3 is 9.64 Å². The first kappa shape index (κ1) is 22.7. The summed E-state index contributed by atoms with van der Waals surface area (Å²) >= 11 is 0. The van der Waals surface area contributed by atoms with E-state index in [1.54, 1.807) is 23.1 Å². The molecule has 166 valence electrons. The molecule has 1 aromatic carbocycles. The number of amides is 1. The van der Waals surface area contributed by atoms with Crippen LogP contribution in [0.2, 0.25) is 0 Å². The third kappa shape index (κ3) is 5.21. The number of sulfonamides is 1. The lowest BCUT2D eigenvalue weighted by Gasteiger charge is -2.34. The zero-order valence-corrected chi connectivity index (χ0v) is 18.5. The van der Waals surface area contributed by atoms with Crippen LogP contribution in [0.15, 0.2) is 35.2 Å². The number of nitrogens with zero attached hydrogens (tertiary/aromatic N) is 2. The number of piperidine rings is 1. The summed E-state index contributed by atoms with van der Waals surface area (Å²) in [6, 6.07) is 7.44. The molecular weight excluding hydrogens is 404 g/mol. The number of hydrogen-bond donors (Lipinski definition) is 0. The smallest absolute Gasteiger partial charge is 0.324 e. The van der Waals surface area contributed by atoms with E-state index < -0.39 is 22.0 Å². The van der Waals surface area contributed by atoms with E-state index in [-0.39, 0.29) is 30.0 Å². The molecule has 1 heterocycles. The highest BCUT2D eigenvalue weighted by Crippen LogP contribution is 2.26. The van der Waals surface area contributed by atoms with Crippen LogP contribution in [0.3, 0.4) is 0 Å². The first-order valence-corrected chi connectivity index (χ1v) is 12.4. The van der Waals surface area contributed by atoms with Gasteiger partial charge in [0.25, 0.3) is 5.91 Å². The monoisotopic (exact) mass is 436 g/mol. The first-order valence-electron chi connectivity index (χ1n) is 11.0. The van der Waals surface area contributed by atoms with Crippen molar-refractivity contribution in [3.63, 3.8) is 0 Å². The van der Waals surface area contributed by atoms with E-state index in [1.165, 1.54) is 22.9 Å². The van der Waals surface area contributed by atoms with Gasteiger partial charge >= 0.3 is 5.97 Å². The van der Waals surface area contributed by atoms with Gasteiger partial charge in [-0.2, -0.15) is 4.31 Å². The average Bonchev–Trinajstić information content (AvgIpc) is 2.79. The van der Waals surface area contributed by atoms with Gasteiger partial charge in [-0.1, -0.05) is 37.5 Å². The van der Waals surface area contributed by atoms with Crippen molar-refractivity contribution < 1.29 is 22.7 Å². The highest BCUT2D eigenvalue weighted by atomic mass is 32.2. The molecule has 1 amide bonds. The number of esters is 1. The van der Waals surface area contributed by atoms with Crippen LogP contribution in [-0.2, 0) is 24.3 Å². The van der Waals surface area contributed by atoms with Gasteiger partial charge in [0.05, 0.1) is 4.90 Å². The molecule has 0 N–H and O–H groups in total. The topological polar surface area (TPSA) is 84.0 Å². The Morgan fingerprint density at radius 3 is 2.37 bits per heavy atom. The number of likely N-dealkylation sites (N-methyl/N-ethyl adjacent to an activating group) is 1. The molecule has 1 aliphatic carbocycles. The van der Waals surface area contributed by atoms with Gasteiger partial charge in [-0.05, 0) is 51.2 Å². The van der Waals surface area contributed by atoms with E-state index in [9.17, 15) is 18.0 Å². The lowest BCUT2D eigenvalue weighted by molar-refractivity contribution is -0.157. The number of rotatable bonds is 7. The molecule has 30 heavy (non-hydrogen) atoms. The number of hydrogen-bond acceptors (Lipinski definition) is 5. The fraction of sp³-hybridized carbons (Fsp3) is 0.636. The van der Waals surface area contributed by atoms with E-state index in [0.717, 1.165) is 32.1 Å². The quantitative estimate of drug-likeness (QED) is 0.614. The Labute approximate surface area is 179 Å². The third-order valence-electron chi connectivity index (χ3n) is 6.09. The lowest BCUT2D eigenvalue weighted by Crippen LogP contribution is -2.49. The molecule has 1 aromatic rings. The maximum atomic E-state index is 13.0. The second-order valence-electron chi connectivity index (χ2n) is 8.02. The number of benzene rings is 1. The lowest BCUT2D eigenvalue weighted by atomic mass is 9.94. The highest BCUT2D eigenvalue weighted by molar-refractivity contribution is 7.89. The number of ether oxygens (including phenoxy) is 1. The maximum Gasteiger partial charge on any atom is 0.324 e. The summed E-state index contributed by atoms with van der Waals surface area (Å²) in [6.45, 7) is 2.45. The van der Waals surface area contributed by atoms with Crippen LogP contribution in [0.5, 0.6) is 0 Å². The Hall–Kier alpha value is -1.93. The molecule has 2 aliphatic rings. The summed E-state index contributed by atoms with van der Waals surface area (Å²) in [5.41, 5.74) is 0. The molecule has 0 aromatic heterocycles. The van der Waals surface area contributed by atoms with Crippen molar-refractivity contribution in [3.05, 3.63) is 30.3 Å². The Bertz CT molecular complexity index is 821. The molecular formula is C22H32N2O5S. The van der Waals surface area contributed by atoms with Gasteiger partial charge in [0.1, 0.15) is 6.04 Å². The summed E-state index contributed by atoms with van der Waals surface area (Å²) < 4.78 is 32.7. The molecule has 3 rings (SSSR count). The van der Waals surface area contributed by atoms with Crippen LogP contribution < -0.4 is 0 Å². The molecule has 1 atom stereocenters. The summed E-state index contributed by atoms with van der Waals surface area (Å²) in [6.07, 6.45) is 7.24. The minimum absolute atomic E-state index is 0.162. The van der Waals surface area contributed by atoms with Gasteiger partial charge in [0, 0.05) is 19.1 Å². The fourth-order valence-corrected chi connectivity index (χ4v) is 6.17. The molecule has 1 aliphatic heterocycles. The van der Waals surface area contributed by atoms with E-state index in [4.69, 9.17) is 4.74 Å². The second kappa shape index (κ2) is 10.4. The van der Waals surface area contributed by atoms with Crippen molar-refractivity contribution in [1.82, 2.24) is 9.21 Å². The van der Waals surface area contributed by atoms with E-state index in [1.807, 2.05) is 6.92 Å². The van der Waals surface area contributed by atoms with Gasteiger partial charge in [-0.3, -0.25) is 9.59 Å². The Morgan fingerprint density at radius 1 is 1.03 bits per heavy atom. The Morgan fingerprint density at radius 2 is 1.70 bits per heavy atom. The standard InChI is InChI=1S/C22H32N2O5S/c1-2-23(18-11-5-3-6-12-18)21(25)17-29-22(26)20-15-9-10-16-24(20)30(27,28)19-13-7-4-8-14-19/h4,7-8,13-14,18,20H,2-3,5-6,9-12,15-17H2,1H3. The van der Waals surface area contributed by atoms with Crippen molar-refractivity contribution in [1.29, 1.82) is 0 Å². The van der Waals surface area contributed by atoms with Crippen LogP contribution in [0.4, 0.5) is 0 Å². The first-order chi connectivity index (χ1) is 14.4. The largest absolute Gasteiger partial charge is 0.454 e. The van der Waals surface area contributed by atoms with Crippen molar-refractivity contribution in [2.24, 2.45) is 0 Å². The summed E-state index contributed by atoms with van der Waals surface area (Å²) in [4.78, 5) is 27.4. The highest BCUT2D eigenvalue weighted by Gasteiger charge is 2.39. The SMILES string of the molecule is CCN(C(=O)COC(=O)C1CCCCN1S(=O)(=O)c1ccccc1)C1CCCCC1. The summed E-state index contributed by atoms with van der Waals surface area (Å²) in [5.74, 6) is -0.840. The van der Waals surface area contributed by atoms with Crippen molar-refractivity contribution in [2.75, 3.05) is 19.7 Å². The molecule has 2 fully saturated rings. The predicted octanol–water partition coefficient (Wildman–Crippen LogP) is 2.95. The van der Waals surface area contributed by atoms with Crippen LogP contribution in [0.1, 0.15) is 58.3 Å². The zero-order chi connectivity index (χ0) is 21.6. The summed E-state index contributed by atoms with van der Waals surface area (Å²) in [5, 5.41) is 0. The molecule has 0 spiro atoms.